The van der Waals surface area contributed by atoms with Gasteiger partial charge in [-0.15, -0.1) is 0 Å². The molecule has 0 unspecified atom stereocenters. The molecule has 5 nitrogen and oxygen atoms in total. The van der Waals surface area contributed by atoms with Crippen molar-refractivity contribution in [2.75, 3.05) is 6.61 Å². The van der Waals surface area contributed by atoms with Gasteiger partial charge in [-0.1, -0.05) is 87.9 Å². The lowest BCUT2D eigenvalue weighted by Gasteiger charge is -2.44. The molecule has 1 aliphatic carbocycles. The molecule has 1 fully saturated rings. The van der Waals surface area contributed by atoms with Gasteiger partial charge in [-0.25, -0.2) is 0 Å². The van der Waals surface area contributed by atoms with Gasteiger partial charge in [0, 0.05) is 11.8 Å². The van der Waals surface area contributed by atoms with Crippen LogP contribution in [0.2, 0.25) is 0 Å². The first-order valence-corrected chi connectivity index (χ1v) is 12.5. The van der Waals surface area contributed by atoms with Crippen molar-refractivity contribution in [2.24, 2.45) is 17.6 Å². The predicted molar refractivity (Wildman–Crippen MR) is 134 cm³/mol. The Bertz CT molecular complexity index is 928. The molecule has 5 atom stereocenters. The van der Waals surface area contributed by atoms with Gasteiger partial charge in [0.25, 0.3) is 0 Å². The lowest BCUT2D eigenvalue weighted by atomic mass is 9.64. The average molecular weight is 466 g/mol. The second-order valence-corrected chi connectivity index (χ2v) is 10.1. The van der Waals surface area contributed by atoms with Crippen LogP contribution in [0.25, 0.3) is 0 Å². The normalized spacial score (nSPS) is 22.4. The quantitative estimate of drug-likeness (QED) is 0.503. The Morgan fingerprint density at radius 1 is 1.03 bits per heavy atom. The van der Waals surface area contributed by atoms with Crippen molar-refractivity contribution >= 4 is 11.9 Å². The summed E-state index contributed by atoms with van der Waals surface area (Å²) in [5, 5.41) is 0. The molecule has 0 aromatic heterocycles. The Balaban J connectivity index is 1.79. The van der Waals surface area contributed by atoms with Crippen LogP contribution in [0.5, 0.6) is 0 Å². The maximum absolute atomic E-state index is 13.3. The summed E-state index contributed by atoms with van der Waals surface area (Å²) in [4.78, 5) is 25.7. The summed E-state index contributed by atoms with van der Waals surface area (Å²) in [5.41, 5.74) is 8.22. The highest BCUT2D eigenvalue weighted by Gasteiger charge is 2.42. The van der Waals surface area contributed by atoms with E-state index < -0.39 is 17.9 Å². The number of hydrogen-bond donors (Lipinski definition) is 1. The van der Waals surface area contributed by atoms with Gasteiger partial charge in [-0.05, 0) is 42.2 Å². The molecule has 0 saturated heterocycles. The number of esters is 2. The van der Waals surface area contributed by atoms with E-state index in [1.165, 1.54) is 5.56 Å². The third kappa shape index (κ3) is 6.26. The fourth-order valence-corrected chi connectivity index (χ4v) is 5.32. The van der Waals surface area contributed by atoms with Gasteiger partial charge in [0.1, 0.15) is 12.1 Å². The van der Waals surface area contributed by atoms with E-state index in [9.17, 15) is 9.59 Å². The second kappa shape index (κ2) is 11.7. The molecule has 1 aliphatic rings. The number of ether oxygens (including phenoxy) is 2. The Kier molecular flexibility index (Phi) is 8.90. The van der Waals surface area contributed by atoms with Crippen LogP contribution in [0.4, 0.5) is 0 Å². The first-order chi connectivity index (χ1) is 16.2. The highest BCUT2D eigenvalue weighted by molar-refractivity contribution is 5.79. The van der Waals surface area contributed by atoms with Crippen LogP contribution in [0.1, 0.15) is 70.4 Å². The Morgan fingerprint density at radius 3 is 2.26 bits per heavy atom. The molecule has 3 rings (SSSR count). The number of carbonyl (C=O) groups is 2. The fraction of sp³-hybridized carbons (Fsp3) is 0.517. The van der Waals surface area contributed by atoms with Crippen LogP contribution < -0.4 is 5.73 Å². The molecule has 0 aliphatic heterocycles. The van der Waals surface area contributed by atoms with Crippen molar-refractivity contribution in [3.8, 4) is 0 Å². The summed E-state index contributed by atoms with van der Waals surface area (Å²) < 4.78 is 11.3. The lowest BCUT2D eigenvalue weighted by Crippen LogP contribution is -2.44. The van der Waals surface area contributed by atoms with Gasteiger partial charge in [-0.3, -0.25) is 9.59 Å². The molecule has 2 aromatic rings. The molecule has 2 N–H and O–H groups in total. The van der Waals surface area contributed by atoms with Gasteiger partial charge in [0.05, 0.1) is 13.0 Å². The van der Waals surface area contributed by atoms with Crippen molar-refractivity contribution in [1.29, 1.82) is 0 Å². The Hall–Kier alpha value is -2.66. The third-order valence-corrected chi connectivity index (χ3v) is 7.39. The van der Waals surface area contributed by atoms with Crippen LogP contribution >= 0.6 is 0 Å². The zero-order valence-electron chi connectivity index (χ0n) is 20.9. The maximum Gasteiger partial charge on any atom is 0.323 e. The van der Waals surface area contributed by atoms with E-state index >= 15 is 0 Å². The summed E-state index contributed by atoms with van der Waals surface area (Å²) in [7, 11) is 0. The molecule has 2 aromatic carbocycles. The Morgan fingerprint density at radius 2 is 1.65 bits per heavy atom. The lowest BCUT2D eigenvalue weighted by molar-refractivity contribution is -0.157. The van der Waals surface area contributed by atoms with Gasteiger partial charge < -0.3 is 15.2 Å². The molecule has 0 spiro atoms. The third-order valence-electron chi connectivity index (χ3n) is 7.39. The zero-order chi connectivity index (χ0) is 24.7. The monoisotopic (exact) mass is 465 g/mol. The average Bonchev–Trinajstić information content (AvgIpc) is 2.83. The van der Waals surface area contributed by atoms with Gasteiger partial charge in [-0.2, -0.15) is 0 Å². The van der Waals surface area contributed by atoms with Gasteiger partial charge in [0.2, 0.25) is 0 Å². The number of carbonyl (C=O) groups excluding carboxylic acids is 2. The van der Waals surface area contributed by atoms with Crippen LogP contribution in [0.3, 0.4) is 0 Å². The summed E-state index contributed by atoms with van der Waals surface area (Å²) in [6, 6.07) is 19.0. The maximum atomic E-state index is 13.3. The van der Waals surface area contributed by atoms with Gasteiger partial charge >= 0.3 is 11.9 Å². The molecule has 184 valence electrons. The smallest absolute Gasteiger partial charge is 0.323 e. The molecule has 0 amide bonds. The first-order valence-electron chi connectivity index (χ1n) is 12.5. The summed E-state index contributed by atoms with van der Waals surface area (Å²) in [6.07, 6.45) is 2.82. The van der Waals surface area contributed by atoms with Gasteiger partial charge in [0.15, 0.2) is 0 Å². The SMILES string of the molecule is CCOC(=O)[C@H](N)[C@@H](CC(=O)O[C@@H]1C[C@H](C)CC[C@H]1C(C)(C)c1ccccc1)c1ccccc1. The second-order valence-electron chi connectivity index (χ2n) is 10.1. The first kappa shape index (κ1) is 26.0. The van der Waals surface area contributed by atoms with Crippen molar-refractivity contribution in [2.45, 2.75) is 76.9 Å². The van der Waals surface area contributed by atoms with E-state index in [-0.39, 0.29) is 36.4 Å². The van der Waals surface area contributed by atoms with Crippen LogP contribution in [-0.4, -0.2) is 30.7 Å². The summed E-state index contributed by atoms with van der Waals surface area (Å²) in [5.74, 6) is -0.620. The molecule has 0 radical (unpaired) electrons. The van der Waals surface area contributed by atoms with E-state index in [0.29, 0.717) is 5.92 Å². The van der Waals surface area contributed by atoms with Crippen molar-refractivity contribution in [1.82, 2.24) is 0 Å². The number of benzene rings is 2. The molecule has 0 bridgehead atoms. The van der Waals surface area contributed by atoms with Crippen LogP contribution in [0.15, 0.2) is 60.7 Å². The minimum Gasteiger partial charge on any atom is -0.465 e. The largest absolute Gasteiger partial charge is 0.465 e. The predicted octanol–water partition coefficient (Wildman–Crippen LogP) is 5.38. The minimum absolute atomic E-state index is 0.0351. The van der Waals surface area contributed by atoms with E-state index in [4.69, 9.17) is 15.2 Å². The van der Waals surface area contributed by atoms with Crippen molar-refractivity contribution < 1.29 is 19.1 Å². The molecule has 1 saturated carbocycles. The summed E-state index contributed by atoms with van der Waals surface area (Å²) >= 11 is 0. The zero-order valence-corrected chi connectivity index (χ0v) is 20.9. The topological polar surface area (TPSA) is 78.6 Å². The van der Waals surface area contributed by atoms with Crippen molar-refractivity contribution in [3.05, 3.63) is 71.8 Å². The van der Waals surface area contributed by atoms with E-state index in [2.05, 4.69) is 45.0 Å². The van der Waals surface area contributed by atoms with E-state index in [1.54, 1.807) is 6.92 Å². The van der Waals surface area contributed by atoms with Crippen LogP contribution in [0, 0.1) is 11.8 Å². The Labute approximate surface area is 204 Å². The van der Waals surface area contributed by atoms with E-state index in [0.717, 1.165) is 24.8 Å². The molecular weight excluding hydrogens is 426 g/mol. The number of hydrogen-bond acceptors (Lipinski definition) is 5. The van der Waals surface area contributed by atoms with Crippen LogP contribution in [-0.2, 0) is 24.5 Å². The standard InChI is InChI=1S/C29H39NO4/c1-5-33-28(32)27(30)23(21-12-8-6-9-13-21)19-26(31)34-25-18-20(2)16-17-24(25)29(3,4)22-14-10-7-11-15-22/h6-15,20,23-25,27H,5,16-19,30H2,1-4H3/t20-,23+,24-,25-,27-/m1/s1. The molecule has 34 heavy (non-hydrogen) atoms. The number of nitrogens with two attached hydrogens (primary N) is 1. The highest BCUT2D eigenvalue weighted by Crippen LogP contribution is 2.44. The van der Waals surface area contributed by atoms with Crippen molar-refractivity contribution in [3.63, 3.8) is 0 Å². The van der Waals surface area contributed by atoms with E-state index in [1.807, 2.05) is 36.4 Å². The molecular formula is C29H39NO4. The molecule has 0 heterocycles. The number of rotatable bonds is 9. The highest BCUT2D eigenvalue weighted by atomic mass is 16.5. The summed E-state index contributed by atoms with van der Waals surface area (Å²) in [6.45, 7) is 8.69. The molecule has 5 heteroatoms. The fourth-order valence-electron chi connectivity index (χ4n) is 5.32. The minimum atomic E-state index is -0.934.